The molecule has 0 bridgehead atoms. The molecule has 2 fully saturated rings. The molecule has 0 amide bonds. The Balaban J connectivity index is 1.81. The van der Waals surface area contributed by atoms with Crippen molar-refractivity contribution in [2.24, 2.45) is 11.8 Å². The van der Waals surface area contributed by atoms with Crippen LogP contribution in [-0.4, -0.2) is 18.4 Å². The lowest BCUT2D eigenvalue weighted by molar-refractivity contribution is -0.124. The highest BCUT2D eigenvalue weighted by Gasteiger charge is 2.31. The lowest BCUT2D eigenvalue weighted by Gasteiger charge is -2.26. The second kappa shape index (κ2) is 3.79. The maximum absolute atomic E-state index is 11.8. The quantitative estimate of drug-likeness (QED) is 0.718. The van der Waals surface area contributed by atoms with E-state index >= 15 is 0 Å². The number of carbonyl (C=O) groups is 1. The summed E-state index contributed by atoms with van der Waals surface area (Å²) in [5.41, 5.74) is 0. The Morgan fingerprint density at radius 2 is 2.15 bits per heavy atom. The van der Waals surface area contributed by atoms with E-state index < -0.39 is 0 Å². The van der Waals surface area contributed by atoms with Gasteiger partial charge in [-0.2, -0.15) is 0 Å². The van der Waals surface area contributed by atoms with Gasteiger partial charge in [-0.25, -0.2) is 0 Å². The second-order valence-electron chi connectivity index (χ2n) is 4.61. The molecule has 0 radical (unpaired) electrons. The second-order valence-corrected chi connectivity index (χ2v) is 4.61. The van der Waals surface area contributed by atoms with Gasteiger partial charge in [-0.1, -0.05) is 19.3 Å². The van der Waals surface area contributed by atoms with Crippen LogP contribution in [0.1, 0.15) is 39.0 Å². The van der Waals surface area contributed by atoms with Gasteiger partial charge in [0, 0.05) is 18.4 Å². The summed E-state index contributed by atoms with van der Waals surface area (Å²) in [5, 5.41) is 3.34. The van der Waals surface area contributed by atoms with Crippen LogP contribution in [-0.2, 0) is 4.79 Å². The SMILES string of the molecule is CC1NCCC1C(=O)CC1CCC1. The van der Waals surface area contributed by atoms with Crippen LogP contribution in [0.3, 0.4) is 0 Å². The normalized spacial score (nSPS) is 34.5. The molecule has 1 N–H and O–H groups in total. The monoisotopic (exact) mass is 181 g/mol. The fraction of sp³-hybridized carbons (Fsp3) is 0.909. The topological polar surface area (TPSA) is 29.1 Å². The summed E-state index contributed by atoms with van der Waals surface area (Å²) in [6, 6.07) is 0.424. The minimum absolute atomic E-state index is 0.320. The average molecular weight is 181 g/mol. The van der Waals surface area contributed by atoms with Gasteiger partial charge in [0.15, 0.2) is 0 Å². The van der Waals surface area contributed by atoms with Crippen LogP contribution in [0.15, 0.2) is 0 Å². The molecular formula is C11H19NO. The molecular weight excluding hydrogens is 162 g/mol. The maximum Gasteiger partial charge on any atom is 0.137 e. The first kappa shape index (κ1) is 9.20. The van der Waals surface area contributed by atoms with Crippen molar-refractivity contribution in [1.29, 1.82) is 0 Å². The van der Waals surface area contributed by atoms with E-state index in [4.69, 9.17) is 0 Å². The predicted octanol–water partition coefficient (Wildman–Crippen LogP) is 1.74. The van der Waals surface area contributed by atoms with Crippen molar-refractivity contribution in [3.05, 3.63) is 0 Å². The van der Waals surface area contributed by atoms with E-state index in [-0.39, 0.29) is 0 Å². The zero-order valence-electron chi connectivity index (χ0n) is 8.38. The Hall–Kier alpha value is -0.370. The molecule has 0 aromatic heterocycles. The number of rotatable bonds is 3. The highest BCUT2D eigenvalue weighted by molar-refractivity contribution is 5.82. The van der Waals surface area contributed by atoms with Crippen LogP contribution < -0.4 is 5.32 Å². The third kappa shape index (κ3) is 1.93. The Morgan fingerprint density at radius 1 is 1.38 bits per heavy atom. The number of hydrogen-bond donors (Lipinski definition) is 1. The van der Waals surface area contributed by atoms with Crippen LogP contribution >= 0.6 is 0 Å². The zero-order chi connectivity index (χ0) is 9.26. The fourth-order valence-corrected chi connectivity index (χ4v) is 2.43. The van der Waals surface area contributed by atoms with Crippen molar-refractivity contribution in [3.63, 3.8) is 0 Å². The summed E-state index contributed by atoms with van der Waals surface area (Å²) in [7, 11) is 0. The van der Waals surface area contributed by atoms with Gasteiger partial charge in [0.1, 0.15) is 5.78 Å². The predicted molar refractivity (Wildman–Crippen MR) is 52.5 cm³/mol. The van der Waals surface area contributed by atoms with Gasteiger partial charge in [-0.05, 0) is 25.8 Å². The van der Waals surface area contributed by atoms with Crippen molar-refractivity contribution >= 4 is 5.78 Å². The van der Waals surface area contributed by atoms with Crippen molar-refractivity contribution in [1.82, 2.24) is 5.32 Å². The number of Topliss-reactive ketones (excluding diaryl/α,β-unsaturated/α-hetero) is 1. The molecule has 2 nitrogen and oxygen atoms in total. The van der Waals surface area contributed by atoms with Gasteiger partial charge in [-0.3, -0.25) is 4.79 Å². The fourth-order valence-electron chi connectivity index (χ4n) is 2.43. The first-order valence-corrected chi connectivity index (χ1v) is 5.53. The van der Waals surface area contributed by atoms with E-state index in [9.17, 15) is 4.79 Å². The van der Waals surface area contributed by atoms with E-state index in [2.05, 4.69) is 12.2 Å². The molecule has 2 unspecified atom stereocenters. The molecule has 2 atom stereocenters. The molecule has 1 aliphatic carbocycles. The number of ketones is 1. The molecule has 13 heavy (non-hydrogen) atoms. The van der Waals surface area contributed by atoms with E-state index in [0.29, 0.717) is 17.7 Å². The van der Waals surface area contributed by atoms with Crippen LogP contribution in [0.25, 0.3) is 0 Å². The molecule has 2 heteroatoms. The third-order valence-electron chi connectivity index (χ3n) is 3.65. The minimum atomic E-state index is 0.320. The summed E-state index contributed by atoms with van der Waals surface area (Å²) in [6.45, 7) is 3.17. The number of carbonyl (C=O) groups excluding carboxylic acids is 1. The van der Waals surface area contributed by atoms with Crippen LogP contribution in [0, 0.1) is 11.8 Å². The van der Waals surface area contributed by atoms with Crippen molar-refractivity contribution in [2.75, 3.05) is 6.54 Å². The van der Waals surface area contributed by atoms with Gasteiger partial charge in [0.25, 0.3) is 0 Å². The van der Waals surface area contributed by atoms with Crippen molar-refractivity contribution in [3.8, 4) is 0 Å². The van der Waals surface area contributed by atoms with Gasteiger partial charge in [-0.15, -0.1) is 0 Å². The number of nitrogens with one attached hydrogen (secondary N) is 1. The molecule has 74 valence electrons. The lowest BCUT2D eigenvalue weighted by atomic mass is 9.79. The van der Waals surface area contributed by atoms with E-state index in [0.717, 1.165) is 25.3 Å². The Kier molecular flexibility index (Phi) is 2.68. The van der Waals surface area contributed by atoms with Crippen LogP contribution in [0.5, 0.6) is 0 Å². The van der Waals surface area contributed by atoms with Gasteiger partial charge < -0.3 is 5.32 Å². The van der Waals surface area contributed by atoms with Crippen LogP contribution in [0.2, 0.25) is 0 Å². The molecule has 0 aromatic rings. The first-order valence-electron chi connectivity index (χ1n) is 5.53. The average Bonchev–Trinajstić information content (AvgIpc) is 2.43. The molecule has 1 aliphatic heterocycles. The summed E-state index contributed by atoms with van der Waals surface area (Å²) in [4.78, 5) is 11.8. The van der Waals surface area contributed by atoms with E-state index in [1.165, 1.54) is 19.3 Å². The summed E-state index contributed by atoms with van der Waals surface area (Å²) < 4.78 is 0. The summed E-state index contributed by atoms with van der Waals surface area (Å²) >= 11 is 0. The molecule has 0 spiro atoms. The lowest BCUT2D eigenvalue weighted by Crippen LogP contribution is -2.30. The zero-order valence-corrected chi connectivity index (χ0v) is 8.38. The Morgan fingerprint density at radius 3 is 2.62 bits per heavy atom. The maximum atomic E-state index is 11.8. The smallest absolute Gasteiger partial charge is 0.137 e. The van der Waals surface area contributed by atoms with Gasteiger partial charge in [0.2, 0.25) is 0 Å². The molecule has 2 rings (SSSR count). The number of hydrogen-bond acceptors (Lipinski definition) is 2. The Labute approximate surface area is 80.1 Å². The first-order chi connectivity index (χ1) is 6.27. The highest BCUT2D eigenvalue weighted by atomic mass is 16.1. The van der Waals surface area contributed by atoms with Crippen molar-refractivity contribution in [2.45, 2.75) is 45.1 Å². The molecule has 0 aromatic carbocycles. The van der Waals surface area contributed by atoms with Crippen molar-refractivity contribution < 1.29 is 4.79 Å². The van der Waals surface area contributed by atoms with Crippen LogP contribution in [0.4, 0.5) is 0 Å². The largest absolute Gasteiger partial charge is 0.314 e. The minimum Gasteiger partial charge on any atom is -0.314 e. The third-order valence-corrected chi connectivity index (χ3v) is 3.65. The van der Waals surface area contributed by atoms with E-state index in [1.54, 1.807) is 0 Å². The van der Waals surface area contributed by atoms with Gasteiger partial charge >= 0.3 is 0 Å². The molecule has 1 heterocycles. The molecule has 1 saturated heterocycles. The molecule has 1 saturated carbocycles. The summed E-state index contributed by atoms with van der Waals surface area (Å²) in [6.07, 6.45) is 5.85. The van der Waals surface area contributed by atoms with Gasteiger partial charge in [0.05, 0.1) is 0 Å². The summed E-state index contributed by atoms with van der Waals surface area (Å²) in [5.74, 6) is 1.57. The Bertz CT molecular complexity index is 198. The molecule has 2 aliphatic rings. The van der Waals surface area contributed by atoms with E-state index in [1.807, 2.05) is 0 Å². The standard InChI is InChI=1S/C11H19NO/c1-8-10(5-6-12-8)11(13)7-9-3-2-4-9/h8-10,12H,2-7H2,1H3. The highest BCUT2D eigenvalue weighted by Crippen LogP contribution is 2.31.